The summed E-state index contributed by atoms with van der Waals surface area (Å²) in [7, 11) is -3.57. The SMILES string of the molecule is Cc1ccc(-c2nc3ccccc3n2CCNS(=O)(=O)c2ccc3c(c2)CCCC3)cc1. The van der Waals surface area contributed by atoms with Gasteiger partial charge in [-0.1, -0.05) is 48.0 Å². The summed E-state index contributed by atoms with van der Waals surface area (Å²) in [6, 6.07) is 21.8. The van der Waals surface area contributed by atoms with Gasteiger partial charge >= 0.3 is 0 Å². The molecule has 0 aliphatic heterocycles. The molecule has 0 bridgehead atoms. The quantitative estimate of drug-likeness (QED) is 0.461. The average Bonchev–Trinajstić information content (AvgIpc) is 3.18. The average molecular weight is 446 g/mol. The lowest BCUT2D eigenvalue weighted by Gasteiger charge is -2.17. The summed E-state index contributed by atoms with van der Waals surface area (Å²) in [6.07, 6.45) is 4.30. The van der Waals surface area contributed by atoms with E-state index in [2.05, 4.69) is 40.5 Å². The first-order valence-corrected chi connectivity index (χ1v) is 12.6. The molecule has 0 fully saturated rings. The number of nitrogens with zero attached hydrogens (tertiary/aromatic N) is 2. The zero-order valence-electron chi connectivity index (χ0n) is 18.2. The van der Waals surface area contributed by atoms with Crippen molar-refractivity contribution in [2.75, 3.05) is 6.54 Å². The molecule has 164 valence electrons. The van der Waals surface area contributed by atoms with Crippen molar-refractivity contribution in [1.29, 1.82) is 0 Å². The molecular formula is C26H27N3O2S. The summed E-state index contributed by atoms with van der Waals surface area (Å²) in [5.74, 6) is 0.846. The summed E-state index contributed by atoms with van der Waals surface area (Å²) in [6.45, 7) is 2.84. The maximum atomic E-state index is 13.0. The molecule has 0 saturated carbocycles. The molecule has 0 amide bonds. The van der Waals surface area contributed by atoms with Crippen molar-refractivity contribution in [3.63, 3.8) is 0 Å². The van der Waals surface area contributed by atoms with Gasteiger partial charge in [0.2, 0.25) is 10.0 Å². The zero-order chi connectivity index (χ0) is 22.1. The molecule has 1 N–H and O–H groups in total. The van der Waals surface area contributed by atoms with Gasteiger partial charge < -0.3 is 4.57 Å². The van der Waals surface area contributed by atoms with Crippen LogP contribution in [0.4, 0.5) is 0 Å². The summed E-state index contributed by atoms with van der Waals surface area (Å²) < 4.78 is 30.8. The van der Waals surface area contributed by atoms with E-state index in [9.17, 15) is 8.42 Å². The first-order chi connectivity index (χ1) is 15.5. The number of hydrogen-bond donors (Lipinski definition) is 1. The van der Waals surface area contributed by atoms with Gasteiger partial charge in [-0.2, -0.15) is 0 Å². The number of aromatic nitrogens is 2. The van der Waals surface area contributed by atoms with Crippen molar-refractivity contribution in [3.8, 4) is 11.4 Å². The number of benzene rings is 3. The predicted octanol–water partition coefficient (Wildman–Crippen LogP) is 4.87. The highest BCUT2D eigenvalue weighted by molar-refractivity contribution is 7.89. The van der Waals surface area contributed by atoms with Gasteiger partial charge in [0.1, 0.15) is 5.82 Å². The highest BCUT2D eigenvalue weighted by atomic mass is 32.2. The molecule has 5 rings (SSSR count). The number of sulfonamides is 1. The van der Waals surface area contributed by atoms with Gasteiger partial charge in [-0.15, -0.1) is 0 Å². The first kappa shape index (κ1) is 20.9. The summed E-state index contributed by atoms with van der Waals surface area (Å²) in [5, 5.41) is 0. The fraction of sp³-hybridized carbons (Fsp3) is 0.269. The van der Waals surface area contributed by atoms with Crippen molar-refractivity contribution >= 4 is 21.1 Å². The van der Waals surface area contributed by atoms with Crippen LogP contribution >= 0.6 is 0 Å². The number of hydrogen-bond acceptors (Lipinski definition) is 3. The third-order valence-corrected chi connectivity index (χ3v) is 7.68. The standard InChI is InChI=1S/C26H27N3O2S/c1-19-10-12-21(13-11-19)26-28-24-8-4-5-9-25(24)29(26)17-16-27-32(30,31)23-15-14-20-6-2-3-7-22(20)18-23/h4-5,8-15,18,27H,2-3,6-7,16-17H2,1H3. The maximum Gasteiger partial charge on any atom is 0.240 e. The lowest BCUT2D eigenvalue weighted by Crippen LogP contribution is -2.28. The minimum atomic E-state index is -3.57. The Labute approximate surface area is 189 Å². The Kier molecular flexibility index (Phi) is 5.57. The van der Waals surface area contributed by atoms with E-state index in [4.69, 9.17) is 4.98 Å². The fourth-order valence-electron chi connectivity index (χ4n) is 4.48. The van der Waals surface area contributed by atoms with Crippen LogP contribution in [0.3, 0.4) is 0 Å². The van der Waals surface area contributed by atoms with E-state index in [1.165, 1.54) is 23.1 Å². The Morgan fingerprint density at radius 3 is 2.50 bits per heavy atom. The minimum absolute atomic E-state index is 0.290. The lowest BCUT2D eigenvalue weighted by atomic mass is 9.92. The minimum Gasteiger partial charge on any atom is -0.323 e. The first-order valence-electron chi connectivity index (χ1n) is 11.1. The monoisotopic (exact) mass is 445 g/mol. The van der Waals surface area contributed by atoms with Crippen molar-refractivity contribution < 1.29 is 8.42 Å². The van der Waals surface area contributed by atoms with E-state index >= 15 is 0 Å². The molecule has 0 spiro atoms. The molecule has 0 saturated heterocycles. The zero-order valence-corrected chi connectivity index (χ0v) is 19.0. The largest absolute Gasteiger partial charge is 0.323 e. The smallest absolute Gasteiger partial charge is 0.240 e. The number of imidazole rings is 1. The topological polar surface area (TPSA) is 64.0 Å². The van der Waals surface area contributed by atoms with Crippen LogP contribution in [0.25, 0.3) is 22.4 Å². The van der Waals surface area contributed by atoms with E-state index in [1.807, 2.05) is 36.4 Å². The van der Waals surface area contributed by atoms with Crippen LogP contribution in [-0.4, -0.2) is 24.5 Å². The van der Waals surface area contributed by atoms with Crippen LogP contribution in [0.5, 0.6) is 0 Å². The highest BCUT2D eigenvalue weighted by Gasteiger charge is 2.18. The van der Waals surface area contributed by atoms with Gasteiger partial charge in [-0.3, -0.25) is 0 Å². The molecule has 32 heavy (non-hydrogen) atoms. The third-order valence-electron chi connectivity index (χ3n) is 6.22. The van der Waals surface area contributed by atoms with Crippen LogP contribution in [0.15, 0.2) is 71.6 Å². The Hall–Kier alpha value is -2.96. The van der Waals surface area contributed by atoms with Gasteiger partial charge in [-0.25, -0.2) is 18.1 Å². The van der Waals surface area contributed by atoms with Gasteiger partial charge in [0, 0.05) is 18.7 Å². The molecule has 0 unspecified atom stereocenters. The van der Waals surface area contributed by atoms with Crippen LogP contribution in [0, 0.1) is 6.92 Å². The van der Waals surface area contributed by atoms with E-state index in [-0.39, 0.29) is 0 Å². The summed E-state index contributed by atoms with van der Waals surface area (Å²) >= 11 is 0. The van der Waals surface area contributed by atoms with Crippen LogP contribution in [-0.2, 0) is 29.4 Å². The van der Waals surface area contributed by atoms with Gasteiger partial charge in [0.05, 0.1) is 15.9 Å². The Bertz CT molecular complexity index is 1370. The Balaban J connectivity index is 1.39. The molecule has 0 radical (unpaired) electrons. The Morgan fingerprint density at radius 1 is 0.938 bits per heavy atom. The second kappa shape index (κ2) is 8.52. The van der Waals surface area contributed by atoms with Crippen molar-refractivity contribution in [1.82, 2.24) is 14.3 Å². The molecule has 1 aliphatic carbocycles. The van der Waals surface area contributed by atoms with Crippen LogP contribution in [0.1, 0.15) is 29.5 Å². The van der Waals surface area contributed by atoms with E-state index < -0.39 is 10.0 Å². The molecule has 1 aliphatic rings. The van der Waals surface area contributed by atoms with E-state index in [0.29, 0.717) is 18.0 Å². The number of fused-ring (bicyclic) bond motifs is 2. The lowest BCUT2D eigenvalue weighted by molar-refractivity contribution is 0.574. The number of aryl methyl sites for hydroxylation is 3. The van der Waals surface area contributed by atoms with Gasteiger partial charge in [0.25, 0.3) is 0 Å². The maximum absolute atomic E-state index is 13.0. The second-order valence-electron chi connectivity index (χ2n) is 8.48. The number of para-hydroxylation sites is 2. The van der Waals surface area contributed by atoms with Crippen molar-refractivity contribution in [3.05, 3.63) is 83.4 Å². The van der Waals surface area contributed by atoms with Crippen molar-refractivity contribution in [2.45, 2.75) is 44.0 Å². The fourth-order valence-corrected chi connectivity index (χ4v) is 5.55. The van der Waals surface area contributed by atoms with Gasteiger partial charge in [0.15, 0.2) is 0 Å². The molecule has 1 heterocycles. The number of rotatable bonds is 6. The molecule has 6 heteroatoms. The highest BCUT2D eigenvalue weighted by Crippen LogP contribution is 2.26. The molecule has 5 nitrogen and oxygen atoms in total. The van der Waals surface area contributed by atoms with E-state index in [0.717, 1.165) is 41.7 Å². The summed E-state index contributed by atoms with van der Waals surface area (Å²) in [4.78, 5) is 5.17. The van der Waals surface area contributed by atoms with Crippen molar-refractivity contribution in [2.24, 2.45) is 0 Å². The third kappa shape index (κ3) is 4.08. The number of nitrogens with one attached hydrogen (secondary N) is 1. The molecule has 3 aromatic carbocycles. The van der Waals surface area contributed by atoms with Crippen LogP contribution < -0.4 is 4.72 Å². The van der Waals surface area contributed by atoms with Gasteiger partial charge in [-0.05, 0) is 68.0 Å². The molecule has 0 atom stereocenters. The second-order valence-corrected chi connectivity index (χ2v) is 10.2. The normalized spacial score (nSPS) is 13.9. The van der Waals surface area contributed by atoms with E-state index in [1.54, 1.807) is 6.07 Å². The molecule has 1 aromatic heterocycles. The molecule has 4 aromatic rings. The molecular weight excluding hydrogens is 418 g/mol. The Morgan fingerprint density at radius 2 is 1.69 bits per heavy atom. The van der Waals surface area contributed by atoms with Crippen LogP contribution in [0.2, 0.25) is 0 Å². The summed E-state index contributed by atoms with van der Waals surface area (Å²) in [5.41, 5.74) is 6.56. The predicted molar refractivity (Wildman–Crippen MR) is 128 cm³/mol.